The van der Waals surface area contributed by atoms with E-state index in [-0.39, 0.29) is 0 Å². The van der Waals surface area contributed by atoms with Crippen molar-refractivity contribution in [3.63, 3.8) is 0 Å². The van der Waals surface area contributed by atoms with Gasteiger partial charge in [-0.2, -0.15) is 0 Å². The molecule has 55 valence electrons. The first-order valence-electron chi connectivity index (χ1n) is 4.00. The van der Waals surface area contributed by atoms with Gasteiger partial charge in [-0.15, -0.1) is 0 Å². The summed E-state index contributed by atoms with van der Waals surface area (Å²) in [5, 5.41) is 0. The molecule has 0 N–H and O–H groups in total. The number of hydrogen-bond donors (Lipinski definition) is 0. The predicted molar refractivity (Wildman–Crippen MR) is 43.2 cm³/mol. The molecule has 0 rings (SSSR count). The molecule has 0 bridgehead atoms. The minimum absolute atomic E-state index is 0.853. The minimum atomic E-state index is 0.853. The van der Waals surface area contributed by atoms with E-state index in [0.717, 1.165) is 11.8 Å². The highest BCUT2D eigenvalue weighted by Crippen LogP contribution is 2.19. The van der Waals surface area contributed by atoms with E-state index in [1.165, 1.54) is 12.8 Å². The second kappa shape index (κ2) is 4.84. The van der Waals surface area contributed by atoms with Gasteiger partial charge in [-0.3, -0.25) is 0 Å². The van der Waals surface area contributed by atoms with Crippen LogP contribution in [0.2, 0.25) is 0 Å². The lowest BCUT2D eigenvalue weighted by atomic mass is 9.89. The normalized spacial score (nSPS) is 14.3. The first-order valence-corrected chi connectivity index (χ1v) is 4.00. The molecule has 0 aliphatic rings. The van der Waals surface area contributed by atoms with Crippen LogP contribution in [-0.4, -0.2) is 0 Å². The molecule has 0 aromatic rings. The average Bonchev–Trinajstić information content (AvgIpc) is 1.82. The van der Waals surface area contributed by atoms with Gasteiger partial charge in [-0.1, -0.05) is 34.1 Å². The van der Waals surface area contributed by atoms with Crippen molar-refractivity contribution in [1.82, 2.24) is 0 Å². The van der Waals surface area contributed by atoms with Gasteiger partial charge in [-0.25, -0.2) is 0 Å². The van der Waals surface area contributed by atoms with Crippen molar-refractivity contribution < 1.29 is 0 Å². The van der Waals surface area contributed by atoms with Crippen molar-refractivity contribution in [3.8, 4) is 0 Å². The molecule has 0 heteroatoms. The molecule has 1 atom stereocenters. The number of hydrogen-bond acceptors (Lipinski definition) is 0. The quantitative estimate of drug-likeness (QED) is 0.543. The molecule has 1 radical (unpaired) electrons. The van der Waals surface area contributed by atoms with Crippen LogP contribution in [0.25, 0.3) is 0 Å². The van der Waals surface area contributed by atoms with E-state index in [1.807, 2.05) is 0 Å². The Morgan fingerprint density at radius 1 is 1.33 bits per heavy atom. The molecule has 0 saturated carbocycles. The largest absolute Gasteiger partial charge is 0.0651 e. The van der Waals surface area contributed by atoms with Gasteiger partial charge in [0.05, 0.1) is 0 Å². The molecule has 0 aliphatic heterocycles. The third-order valence-corrected chi connectivity index (χ3v) is 2.01. The Morgan fingerprint density at radius 2 is 1.89 bits per heavy atom. The summed E-state index contributed by atoms with van der Waals surface area (Å²) >= 11 is 0. The fraction of sp³-hybridized carbons (Fsp3) is 0.889. The SMILES string of the molecule is C[CH]CC(CC)C(C)C. The topological polar surface area (TPSA) is 0 Å². The molecule has 9 heavy (non-hydrogen) atoms. The van der Waals surface area contributed by atoms with Crippen LogP contribution in [0.15, 0.2) is 0 Å². The Bertz CT molecular complexity index is 55.1. The summed E-state index contributed by atoms with van der Waals surface area (Å²) in [6.45, 7) is 9.02. The van der Waals surface area contributed by atoms with Crippen molar-refractivity contribution in [2.75, 3.05) is 0 Å². The van der Waals surface area contributed by atoms with Crippen LogP contribution in [0, 0.1) is 18.3 Å². The molecular formula is C9H19. The highest BCUT2D eigenvalue weighted by Gasteiger charge is 2.08. The van der Waals surface area contributed by atoms with Crippen LogP contribution in [0.1, 0.15) is 40.5 Å². The van der Waals surface area contributed by atoms with Gasteiger partial charge in [0.1, 0.15) is 0 Å². The Hall–Kier alpha value is 0. The average molecular weight is 127 g/mol. The van der Waals surface area contributed by atoms with E-state index >= 15 is 0 Å². The summed E-state index contributed by atoms with van der Waals surface area (Å²) < 4.78 is 0. The molecule has 0 aliphatic carbocycles. The van der Waals surface area contributed by atoms with E-state index < -0.39 is 0 Å². The van der Waals surface area contributed by atoms with Crippen LogP contribution in [0.5, 0.6) is 0 Å². The molecule has 0 saturated heterocycles. The molecule has 0 aromatic carbocycles. The predicted octanol–water partition coefficient (Wildman–Crippen LogP) is 3.28. The second-order valence-corrected chi connectivity index (χ2v) is 3.06. The first-order chi connectivity index (χ1) is 4.22. The summed E-state index contributed by atoms with van der Waals surface area (Å²) in [4.78, 5) is 0. The van der Waals surface area contributed by atoms with Gasteiger partial charge < -0.3 is 0 Å². The smallest absolute Gasteiger partial charge is 0.0391 e. The van der Waals surface area contributed by atoms with Crippen LogP contribution >= 0.6 is 0 Å². The molecule has 0 fully saturated rings. The van der Waals surface area contributed by atoms with Crippen molar-refractivity contribution in [2.24, 2.45) is 11.8 Å². The lowest BCUT2D eigenvalue weighted by Crippen LogP contribution is -2.06. The van der Waals surface area contributed by atoms with Crippen LogP contribution in [0.3, 0.4) is 0 Å². The monoisotopic (exact) mass is 127 g/mol. The van der Waals surface area contributed by atoms with Gasteiger partial charge in [0.2, 0.25) is 0 Å². The molecular weight excluding hydrogens is 108 g/mol. The lowest BCUT2D eigenvalue weighted by Gasteiger charge is -2.16. The summed E-state index contributed by atoms with van der Waals surface area (Å²) in [6.07, 6.45) is 4.88. The van der Waals surface area contributed by atoms with Crippen molar-refractivity contribution >= 4 is 0 Å². The van der Waals surface area contributed by atoms with Crippen LogP contribution < -0.4 is 0 Å². The summed E-state index contributed by atoms with van der Waals surface area (Å²) in [5.74, 6) is 1.76. The standard InChI is InChI=1S/C9H19/c1-5-7-9(6-2)8(3)4/h5,8-9H,6-7H2,1-4H3. The summed E-state index contributed by atoms with van der Waals surface area (Å²) in [7, 11) is 0. The maximum atomic E-state index is 2.30. The Morgan fingerprint density at radius 3 is 2.00 bits per heavy atom. The molecule has 1 unspecified atom stereocenters. The zero-order chi connectivity index (χ0) is 7.28. The Balaban J connectivity index is 3.41. The zero-order valence-electron chi connectivity index (χ0n) is 7.15. The van der Waals surface area contributed by atoms with Crippen molar-refractivity contribution in [2.45, 2.75) is 40.5 Å². The fourth-order valence-corrected chi connectivity index (χ4v) is 1.21. The molecule has 0 amide bonds. The van der Waals surface area contributed by atoms with E-state index in [0.29, 0.717) is 0 Å². The van der Waals surface area contributed by atoms with E-state index in [9.17, 15) is 0 Å². The maximum Gasteiger partial charge on any atom is -0.0391 e. The Labute approximate surface area is 59.7 Å². The van der Waals surface area contributed by atoms with E-state index in [2.05, 4.69) is 34.1 Å². The van der Waals surface area contributed by atoms with E-state index in [1.54, 1.807) is 0 Å². The summed E-state index contributed by atoms with van der Waals surface area (Å²) in [6, 6.07) is 0. The first kappa shape index (κ1) is 9.00. The molecule has 0 nitrogen and oxygen atoms in total. The zero-order valence-corrected chi connectivity index (χ0v) is 7.15. The number of rotatable bonds is 4. The molecule has 0 heterocycles. The van der Waals surface area contributed by atoms with Gasteiger partial charge in [0.25, 0.3) is 0 Å². The molecule has 0 aromatic heterocycles. The highest BCUT2D eigenvalue weighted by molar-refractivity contribution is 4.67. The van der Waals surface area contributed by atoms with Crippen LogP contribution in [0.4, 0.5) is 0 Å². The third-order valence-electron chi connectivity index (χ3n) is 2.01. The second-order valence-electron chi connectivity index (χ2n) is 3.06. The fourth-order valence-electron chi connectivity index (χ4n) is 1.21. The van der Waals surface area contributed by atoms with Gasteiger partial charge >= 0.3 is 0 Å². The summed E-state index contributed by atoms with van der Waals surface area (Å²) in [5.41, 5.74) is 0. The molecule has 0 spiro atoms. The highest BCUT2D eigenvalue weighted by atomic mass is 14.1. The van der Waals surface area contributed by atoms with Crippen molar-refractivity contribution in [1.29, 1.82) is 0 Å². The van der Waals surface area contributed by atoms with Crippen LogP contribution in [-0.2, 0) is 0 Å². The van der Waals surface area contributed by atoms with Crippen molar-refractivity contribution in [3.05, 3.63) is 6.42 Å². The minimum Gasteiger partial charge on any atom is -0.0651 e. The van der Waals surface area contributed by atoms with Gasteiger partial charge in [0.15, 0.2) is 0 Å². The van der Waals surface area contributed by atoms with Gasteiger partial charge in [-0.05, 0) is 24.7 Å². The van der Waals surface area contributed by atoms with E-state index in [4.69, 9.17) is 0 Å². The Kier molecular flexibility index (Phi) is 4.84. The lowest BCUT2D eigenvalue weighted by molar-refractivity contribution is 0.368. The maximum absolute atomic E-state index is 2.30. The third kappa shape index (κ3) is 3.56. The van der Waals surface area contributed by atoms with Gasteiger partial charge in [0, 0.05) is 0 Å².